The topological polar surface area (TPSA) is 55.8 Å². The zero-order valence-electron chi connectivity index (χ0n) is 13.4. The van der Waals surface area contributed by atoms with Crippen molar-refractivity contribution in [1.29, 1.82) is 0 Å². The Labute approximate surface area is 126 Å². The highest BCUT2D eigenvalue weighted by molar-refractivity contribution is 5.71. The van der Waals surface area contributed by atoms with Crippen LogP contribution in [-0.2, 0) is 15.6 Å². The quantitative estimate of drug-likeness (QED) is 0.902. The van der Waals surface area contributed by atoms with Crippen LogP contribution in [0.2, 0.25) is 0 Å². The molecule has 1 aromatic rings. The van der Waals surface area contributed by atoms with Crippen molar-refractivity contribution in [2.75, 3.05) is 14.2 Å². The zero-order valence-corrected chi connectivity index (χ0v) is 13.4. The highest BCUT2D eigenvalue weighted by Crippen LogP contribution is 2.56. The molecule has 4 nitrogen and oxygen atoms in total. The summed E-state index contributed by atoms with van der Waals surface area (Å²) in [6.45, 7) is 6.35. The number of carboxylic acids is 1. The van der Waals surface area contributed by atoms with Gasteiger partial charge in [-0.2, -0.15) is 0 Å². The second kappa shape index (κ2) is 5.24. The maximum Gasteiger partial charge on any atom is 0.304 e. The molecular weight excluding hydrogens is 268 g/mol. The van der Waals surface area contributed by atoms with Crippen molar-refractivity contribution in [3.8, 4) is 11.5 Å². The van der Waals surface area contributed by atoms with E-state index in [4.69, 9.17) is 9.47 Å². The number of carboxylic acid groups (broad SMARTS) is 1. The minimum Gasteiger partial charge on any atom is -0.497 e. The van der Waals surface area contributed by atoms with Gasteiger partial charge < -0.3 is 14.6 Å². The molecule has 4 heteroatoms. The molecule has 1 aliphatic rings. The first-order valence-electron chi connectivity index (χ1n) is 7.22. The molecule has 0 unspecified atom stereocenters. The fraction of sp³-hybridized carbons (Fsp3) is 0.588. The van der Waals surface area contributed by atoms with Crippen molar-refractivity contribution < 1.29 is 19.4 Å². The first-order valence-corrected chi connectivity index (χ1v) is 7.22. The lowest BCUT2D eigenvalue weighted by Crippen LogP contribution is -2.19. The van der Waals surface area contributed by atoms with Crippen molar-refractivity contribution >= 4 is 5.97 Å². The van der Waals surface area contributed by atoms with Gasteiger partial charge in [0.2, 0.25) is 0 Å². The molecule has 0 bridgehead atoms. The highest BCUT2D eigenvalue weighted by Gasteiger charge is 2.48. The molecular formula is C17H24O4. The molecule has 116 valence electrons. The number of ether oxygens (including phenoxy) is 2. The van der Waals surface area contributed by atoms with Gasteiger partial charge in [0.1, 0.15) is 11.5 Å². The molecule has 1 fully saturated rings. The van der Waals surface area contributed by atoms with E-state index in [0.29, 0.717) is 0 Å². The standard InChI is InChI=1S/C17H24O4/c1-16(2,3)12-8-11(20-4)9-13(15(12)21-5)17(6-7-17)10-14(18)19/h8-9H,6-7,10H2,1-5H3,(H,18,19). The molecule has 1 aromatic carbocycles. The molecule has 0 atom stereocenters. The van der Waals surface area contributed by atoms with Gasteiger partial charge in [-0.15, -0.1) is 0 Å². The van der Waals surface area contributed by atoms with Gasteiger partial charge in [0.05, 0.1) is 20.6 Å². The van der Waals surface area contributed by atoms with Gasteiger partial charge in [0.15, 0.2) is 0 Å². The van der Waals surface area contributed by atoms with Crippen LogP contribution in [0.25, 0.3) is 0 Å². The number of aliphatic carboxylic acids is 1. The molecule has 0 heterocycles. The lowest BCUT2D eigenvalue weighted by Gasteiger charge is -2.27. The van der Waals surface area contributed by atoms with E-state index in [-0.39, 0.29) is 17.3 Å². The summed E-state index contributed by atoms with van der Waals surface area (Å²) >= 11 is 0. The highest BCUT2D eigenvalue weighted by atomic mass is 16.5. The Kier molecular flexibility index (Phi) is 3.91. The molecule has 1 aliphatic carbocycles. The van der Waals surface area contributed by atoms with E-state index < -0.39 is 5.97 Å². The maximum atomic E-state index is 11.2. The number of benzene rings is 1. The maximum absolute atomic E-state index is 11.2. The SMILES string of the molecule is COc1cc(C(C)(C)C)c(OC)c(C2(CC(=O)O)CC2)c1. The Hall–Kier alpha value is -1.71. The van der Waals surface area contributed by atoms with Gasteiger partial charge in [-0.25, -0.2) is 0 Å². The van der Waals surface area contributed by atoms with E-state index in [9.17, 15) is 9.90 Å². The first kappa shape index (κ1) is 15.7. The van der Waals surface area contributed by atoms with Crippen LogP contribution >= 0.6 is 0 Å². The van der Waals surface area contributed by atoms with Gasteiger partial charge in [-0.3, -0.25) is 4.79 Å². The lowest BCUT2D eigenvalue weighted by molar-refractivity contribution is -0.137. The average molecular weight is 292 g/mol. The number of hydrogen-bond acceptors (Lipinski definition) is 3. The second-order valence-corrected chi connectivity index (χ2v) is 6.86. The third kappa shape index (κ3) is 2.99. The summed E-state index contributed by atoms with van der Waals surface area (Å²) < 4.78 is 11.1. The Bertz CT molecular complexity index is 551. The summed E-state index contributed by atoms with van der Waals surface area (Å²) in [4.78, 5) is 11.2. The summed E-state index contributed by atoms with van der Waals surface area (Å²) in [6, 6.07) is 3.92. The van der Waals surface area contributed by atoms with E-state index in [1.54, 1.807) is 14.2 Å². The molecule has 0 radical (unpaired) electrons. The number of hydrogen-bond donors (Lipinski definition) is 1. The summed E-state index contributed by atoms with van der Waals surface area (Å²) in [5, 5.41) is 9.20. The summed E-state index contributed by atoms with van der Waals surface area (Å²) in [5.74, 6) is 0.795. The van der Waals surface area contributed by atoms with E-state index in [2.05, 4.69) is 20.8 Å². The largest absolute Gasteiger partial charge is 0.497 e. The molecule has 0 saturated heterocycles. The lowest BCUT2D eigenvalue weighted by atomic mass is 9.81. The first-order chi connectivity index (χ1) is 9.73. The van der Waals surface area contributed by atoms with E-state index >= 15 is 0 Å². The second-order valence-electron chi connectivity index (χ2n) is 6.86. The van der Waals surface area contributed by atoms with Crippen LogP contribution in [0.15, 0.2) is 12.1 Å². The molecule has 0 aromatic heterocycles. The van der Waals surface area contributed by atoms with Crippen LogP contribution in [0.1, 0.15) is 51.2 Å². The van der Waals surface area contributed by atoms with Crippen LogP contribution in [0, 0.1) is 0 Å². The fourth-order valence-corrected chi connectivity index (χ4v) is 2.87. The zero-order chi connectivity index (χ0) is 15.8. The van der Waals surface area contributed by atoms with Gasteiger partial charge in [-0.05, 0) is 30.4 Å². The van der Waals surface area contributed by atoms with Gasteiger partial charge in [-0.1, -0.05) is 20.8 Å². The molecule has 1 saturated carbocycles. The monoisotopic (exact) mass is 292 g/mol. The minimum absolute atomic E-state index is 0.103. The summed E-state index contributed by atoms with van der Waals surface area (Å²) in [6.07, 6.45) is 1.90. The third-order valence-corrected chi connectivity index (χ3v) is 4.22. The van der Waals surface area contributed by atoms with Crippen LogP contribution in [0.5, 0.6) is 11.5 Å². The van der Waals surface area contributed by atoms with Crippen LogP contribution in [0.3, 0.4) is 0 Å². The van der Waals surface area contributed by atoms with Crippen molar-refractivity contribution in [3.05, 3.63) is 23.3 Å². The van der Waals surface area contributed by atoms with Gasteiger partial charge >= 0.3 is 5.97 Å². The van der Waals surface area contributed by atoms with Crippen LogP contribution in [-0.4, -0.2) is 25.3 Å². The third-order valence-electron chi connectivity index (χ3n) is 4.22. The molecule has 0 aliphatic heterocycles. The minimum atomic E-state index is -0.769. The normalized spacial score (nSPS) is 16.4. The Balaban J connectivity index is 2.62. The number of carbonyl (C=O) groups is 1. The number of rotatable bonds is 5. The fourth-order valence-electron chi connectivity index (χ4n) is 2.87. The number of methoxy groups -OCH3 is 2. The molecule has 21 heavy (non-hydrogen) atoms. The van der Waals surface area contributed by atoms with Gasteiger partial charge in [0, 0.05) is 16.5 Å². The smallest absolute Gasteiger partial charge is 0.304 e. The van der Waals surface area contributed by atoms with Crippen molar-refractivity contribution in [2.45, 2.75) is 50.9 Å². The molecule has 0 amide bonds. The van der Waals surface area contributed by atoms with Crippen LogP contribution < -0.4 is 9.47 Å². The Morgan fingerprint density at radius 3 is 2.24 bits per heavy atom. The van der Waals surface area contributed by atoms with Crippen molar-refractivity contribution in [2.24, 2.45) is 0 Å². The predicted octanol–water partition coefficient (Wildman–Crippen LogP) is 3.51. The molecule has 0 spiro atoms. The predicted molar refractivity (Wildman–Crippen MR) is 81.4 cm³/mol. The average Bonchev–Trinajstić information content (AvgIpc) is 3.15. The Morgan fingerprint density at radius 2 is 1.86 bits per heavy atom. The van der Waals surface area contributed by atoms with Crippen molar-refractivity contribution in [3.63, 3.8) is 0 Å². The van der Waals surface area contributed by atoms with Gasteiger partial charge in [0.25, 0.3) is 0 Å². The molecule has 2 rings (SSSR count). The van der Waals surface area contributed by atoms with E-state index in [1.165, 1.54) is 0 Å². The summed E-state index contributed by atoms with van der Waals surface area (Å²) in [5.41, 5.74) is 1.62. The Morgan fingerprint density at radius 1 is 1.24 bits per heavy atom. The van der Waals surface area contributed by atoms with E-state index in [0.717, 1.165) is 35.5 Å². The van der Waals surface area contributed by atoms with Crippen molar-refractivity contribution in [1.82, 2.24) is 0 Å². The summed E-state index contributed by atoms with van der Waals surface area (Å²) in [7, 11) is 3.28. The molecule has 1 N–H and O–H groups in total. The van der Waals surface area contributed by atoms with E-state index in [1.807, 2.05) is 12.1 Å². The van der Waals surface area contributed by atoms with Crippen LogP contribution in [0.4, 0.5) is 0 Å².